The van der Waals surface area contributed by atoms with Gasteiger partial charge in [-0.25, -0.2) is 4.98 Å². The lowest BCUT2D eigenvalue weighted by molar-refractivity contribution is -0.118. The van der Waals surface area contributed by atoms with Crippen LogP contribution in [0.1, 0.15) is 18.4 Å². The van der Waals surface area contributed by atoms with Gasteiger partial charge in [0.25, 0.3) is 0 Å². The van der Waals surface area contributed by atoms with Crippen LogP contribution in [0.3, 0.4) is 0 Å². The van der Waals surface area contributed by atoms with Crippen LogP contribution in [0.4, 0.5) is 5.69 Å². The van der Waals surface area contributed by atoms with Crippen molar-refractivity contribution >= 4 is 23.4 Å². The van der Waals surface area contributed by atoms with Gasteiger partial charge < -0.3 is 9.73 Å². The predicted molar refractivity (Wildman–Crippen MR) is 106 cm³/mol. The van der Waals surface area contributed by atoms with Gasteiger partial charge in [0, 0.05) is 27.8 Å². The smallest absolute Gasteiger partial charge is 0.228 e. The monoisotopic (exact) mass is 366 g/mol. The van der Waals surface area contributed by atoms with E-state index >= 15 is 0 Å². The summed E-state index contributed by atoms with van der Waals surface area (Å²) in [7, 11) is 0. The van der Waals surface area contributed by atoms with Crippen molar-refractivity contribution in [2.75, 3.05) is 11.1 Å². The molecule has 1 atom stereocenters. The predicted octanol–water partition coefficient (Wildman–Crippen LogP) is 5.33. The fourth-order valence-electron chi connectivity index (χ4n) is 2.41. The van der Waals surface area contributed by atoms with Crippen molar-refractivity contribution in [2.24, 2.45) is 5.92 Å². The van der Waals surface area contributed by atoms with Crippen molar-refractivity contribution in [1.82, 2.24) is 4.98 Å². The summed E-state index contributed by atoms with van der Waals surface area (Å²) in [4.78, 5) is 18.1. The molecule has 4 nitrogen and oxygen atoms in total. The number of nitrogens with one attached hydrogen (secondary N) is 1. The maximum absolute atomic E-state index is 12.5. The molecule has 0 aliphatic heterocycles. The number of thioether (sulfide) groups is 1. The molecule has 3 rings (SSSR count). The minimum absolute atomic E-state index is 0.00495. The van der Waals surface area contributed by atoms with Crippen molar-refractivity contribution in [1.29, 1.82) is 0 Å². The summed E-state index contributed by atoms with van der Waals surface area (Å²) in [6, 6.07) is 17.7. The van der Waals surface area contributed by atoms with Crippen LogP contribution in [0, 0.1) is 19.8 Å². The second kappa shape index (κ2) is 8.23. The summed E-state index contributed by atoms with van der Waals surface area (Å²) < 4.78 is 5.67. The molecule has 0 saturated heterocycles. The van der Waals surface area contributed by atoms with Crippen LogP contribution < -0.4 is 5.32 Å². The van der Waals surface area contributed by atoms with E-state index in [0.29, 0.717) is 5.89 Å². The van der Waals surface area contributed by atoms with Gasteiger partial charge in [0.2, 0.25) is 11.8 Å². The van der Waals surface area contributed by atoms with Gasteiger partial charge in [0.1, 0.15) is 5.76 Å². The van der Waals surface area contributed by atoms with E-state index in [1.807, 2.05) is 63.2 Å². The zero-order chi connectivity index (χ0) is 18.5. The number of carbonyl (C=O) groups is 1. The topological polar surface area (TPSA) is 55.1 Å². The van der Waals surface area contributed by atoms with Crippen LogP contribution in [0.5, 0.6) is 0 Å². The molecule has 3 aromatic rings. The third-order valence-electron chi connectivity index (χ3n) is 4.10. The highest BCUT2D eigenvalue weighted by Gasteiger charge is 2.15. The first-order valence-corrected chi connectivity index (χ1v) is 9.54. The van der Waals surface area contributed by atoms with E-state index < -0.39 is 0 Å². The molecule has 0 fully saturated rings. The SMILES string of the molecule is Cc1nc(-c2cccc(NC(=O)C(C)CSc3ccccc3)c2)oc1C. The van der Waals surface area contributed by atoms with Gasteiger partial charge in [0.05, 0.1) is 5.69 Å². The highest BCUT2D eigenvalue weighted by molar-refractivity contribution is 7.99. The number of anilines is 1. The van der Waals surface area contributed by atoms with Crippen LogP contribution in [0.15, 0.2) is 63.9 Å². The molecule has 0 radical (unpaired) electrons. The van der Waals surface area contributed by atoms with Gasteiger partial charge >= 0.3 is 0 Å². The Morgan fingerprint density at radius 2 is 1.92 bits per heavy atom. The molecule has 2 aromatic carbocycles. The normalized spacial score (nSPS) is 12.0. The van der Waals surface area contributed by atoms with Gasteiger partial charge in [-0.15, -0.1) is 11.8 Å². The Morgan fingerprint density at radius 1 is 1.15 bits per heavy atom. The minimum atomic E-state index is -0.102. The fourth-order valence-corrected chi connectivity index (χ4v) is 3.35. The lowest BCUT2D eigenvalue weighted by Gasteiger charge is -2.12. The number of aryl methyl sites for hydroxylation is 2. The second-order valence-electron chi connectivity index (χ2n) is 6.26. The van der Waals surface area contributed by atoms with Crippen molar-refractivity contribution in [3.8, 4) is 11.5 Å². The van der Waals surface area contributed by atoms with Crippen LogP contribution >= 0.6 is 11.8 Å². The Kier molecular flexibility index (Phi) is 5.78. The third-order valence-corrected chi connectivity index (χ3v) is 5.37. The molecule has 1 unspecified atom stereocenters. The lowest BCUT2D eigenvalue weighted by atomic mass is 10.1. The van der Waals surface area contributed by atoms with E-state index in [1.165, 1.54) is 4.90 Å². The van der Waals surface area contributed by atoms with Gasteiger partial charge in [-0.05, 0) is 44.2 Å². The summed E-state index contributed by atoms with van der Waals surface area (Å²) in [6.07, 6.45) is 0. The van der Waals surface area contributed by atoms with E-state index in [-0.39, 0.29) is 11.8 Å². The number of hydrogen-bond donors (Lipinski definition) is 1. The number of rotatable bonds is 6. The largest absolute Gasteiger partial charge is 0.441 e. The molecule has 134 valence electrons. The Hall–Kier alpha value is -2.53. The molecule has 0 spiro atoms. The Morgan fingerprint density at radius 3 is 2.62 bits per heavy atom. The molecule has 1 heterocycles. The number of hydrogen-bond acceptors (Lipinski definition) is 4. The zero-order valence-electron chi connectivity index (χ0n) is 15.2. The summed E-state index contributed by atoms with van der Waals surface area (Å²) in [5.41, 5.74) is 2.48. The second-order valence-corrected chi connectivity index (χ2v) is 7.35. The van der Waals surface area contributed by atoms with Gasteiger partial charge in [-0.3, -0.25) is 4.79 Å². The molecule has 1 amide bonds. The molecule has 5 heteroatoms. The van der Waals surface area contributed by atoms with Gasteiger partial charge in [-0.2, -0.15) is 0 Å². The fraction of sp³-hybridized carbons (Fsp3) is 0.238. The van der Waals surface area contributed by atoms with Crippen LogP contribution in [-0.2, 0) is 4.79 Å². The number of benzene rings is 2. The minimum Gasteiger partial charge on any atom is -0.441 e. The Labute approximate surface area is 158 Å². The van der Waals surface area contributed by atoms with E-state index in [2.05, 4.69) is 22.4 Å². The lowest BCUT2D eigenvalue weighted by Crippen LogP contribution is -2.22. The highest BCUT2D eigenvalue weighted by atomic mass is 32.2. The first kappa shape index (κ1) is 18.3. The third kappa shape index (κ3) is 4.55. The molecule has 1 N–H and O–H groups in total. The zero-order valence-corrected chi connectivity index (χ0v) is 16.0. The van der Waals surface area contributed by atoms with Crippen molar-refractivity contribution in [2.45, 2.75) is 25.7 Å². The number of nitrogens with zero attached hydrogens (tertiary/aromatic N) is 1. The molecule has 0 aliphatic rings. The van der Waals surface area contributed by atoms with Crippen LogP contribution in [0.25, 0.3) is 11.5 Å². The summed E-state index contributed by atoms with van der Waals surface area (Å²) in [5, 5.41) is 2.99. The van der Waals surface area contributed by atoms with E-state index in [4.69, 9.17) is 4.42 Å². The average molecular weight is 366 g/mol. The molecular formula is C21H22N2O2S. The first-order valence-electron chi connectivity index (χ1n) is 8.56. The summed E-state index contributed by atoms with van der Waals surface area (Å²) in [5.74, 6) is 2.01. The van der Waals surface area contributed by atoms with Crippen LogP contribution in [0.2, 0.25) is 0 Å². The van der Waals surface area contributed by atoms with Crippen molar-refractivity contribution in [3.05, 3.63) is 66.1 Å². The Bertz CT molecular complexity index is 871. The number of aromatic nitrogens is 1. The average Bonchev–Trinajstić information content (AvgIpc) is 2.99. The van der Waals surface area contributed by atoms with Gasteiger partial charge in [-0.1, -0.05) is 31.2 Å². The summed E-state index contributed by atoms with van der Waals surface area (Å²) in [6.45, 7) is 5.75. The molecule has 0 aliphatic carbocycles. The standard InChI is InChI=1S/C21H22N2O2S/c1-14(13-26-19-10-5-4-6-11-19)20(24)23-18-9-7-8-17(12-18)21-22-15(2)16(3)25-21/h4-12,14H,13H2,1-3H3,(H,23,24). The number of amides is 1. The maximum atomic E-state index is 12.5. The van der Waals surface area contributed by atoms with Gasteiger partial charge in [0.15, 0.2) is 0 Å². The Balaban J connectivity index is 1.62. The van der Waals surface area contributed by atoms with E-state index in [1.54, 1.807) is 11.8 Å². The van der Waals surface area contributed by atoms with E-state index in [0.717, 1.165) is 28.5 Å². The number of carbonyl (C=O) groups excluding carboxylic acids is 1. The maximum Gasteiger partial charge on any atom is 0.228 e. The molecule has 0 saturated carbocycles. The van der Waals surface area contributed by atoms with Crippen LogP contribution in [-0.4, -0.2) is 16.6 Å². The van der Waals surface area contributed by atoms with Crippen molar-refractivity contribution in [3.63, 3.8) is 0 Å². The number of oxazole rings is 1. The molecule has 1 aromatic heterocycles. The van der Waals surface area contributed by atoms with E-state index in [9.17, 15) is 4.79 Å². The highest BCUT2D eigenvalue weighted by Crippen LogP contribution is 2.25. The molecule has 0 bridgehead atoms. The first-order chi connectivity index (χ1) is 12.5. The molecular weight excluding hydrogens is 344 g/mol. The molecule has 26 heavy (non-hydrogen) atoms. The quantitative estimate of drug-likeness (QED) is 0.600. The van der Waals surface area contributed by atoms with Crippen molar-refractivity contribution < 1.29 is 9.21 Å². The summed E-state index contributed by atoms with van der Waals surface area (Å²) >= 11 is 1.69.